The second-order valence-electron chi connectivity index (χ2n) is 10.5. The maximum absolute atomic E-state index is 14.7. The van der Waals surface area contributed by atoms with Crippen LogP contribution >= 0.6 is 0 Å². The van der Waals surface area contributed by atoms with Crippen LogP contribution in [0.3, 0.4) is 0 Å². The van der Waals surface area contributed by atoms with Crippen molar-refractivity contribution in [2.45, 2.75) is 79.8 Å². The first-order chi connectivity index (χ1) is 19.2. The molecule has 2 unspecified atom stereocenters. The minimum atomic E-state index is -0.322. The lowest BCUT2D eigenvalue weighted by atomic mass is 9.91. The standard InChI is InChI=1S/C32H47FN6O/c1-9-22(5)32(37-39-21-30(36-24(39)7)28-14-13-27(34-8)19-29(28)33)40-23(6)26-15-17-38(18-16-26)31(12-4)35-20-25(10-2)11-3/h10,13-14,19-23,26,34H,2,9,11-12,15-18H2,1,3-8H3/b25-20+,35-31?,37-32+. The van der Waals surface area contributed by atoms with Crippen LogP contribution < -0.4 is 5.32 Å². The summed E-state index contributed by atoms with van der Waals surface area (Å²) in [5.41, 5.74) is 2.86. The van der Waals surface area contributed by atoms with Crippen molar-refractivity contribution in [2.24, 2.45) is 21.9 Å². The van der Waals surface area contributed by atoms with Gasteiger partial charge in [0.25, 0.3) is 0 Å². The summed E-state index contributed by atoms with van der Waals surface area (Å²) in [7, 11) is 1.77. The number of hydrogen-bond acceptors (Lipinski definition) is 5. The van der Waals surface area contributed by atoms with Crippen molar-refractivity contribution in [3.8, 4) is 11.3 Å². The average molecular weight is 551 g/mol. The highest BCUT2D eigenvalue weighted by Crippen LogP contribution is 2.27. The Morgan fingerprint density at radius 2 is 1.95 bits per heavy atom. The number of likely N-dealkylation sites (tertiary alicyclic amines) is 1. The minimum Gasteiger partial charge on any atom is -0.476 e. The summed E-state index contributed by atoms with van der Waals surface area (Å²) in [6, 6.07) is 5.06. The van der Waals surface area contributed by atoms with E-state index in [-0.39, 0.29) is 17.8 Å². The van der Waals surface area contributed by atoms with Gasteiger partial charge in [0.05, 0.1) is 11.9 Å². The van der Waals surface area contributed by atoms with Crippen molar-refractivity contribution < 1.29 is 9.13 Å². The molecule has 1 aromatic heterocycles. The van der Waals surface area contributed by atoms with Crippen LogP contribution in [0, 0.1) is 24.6 Å². The number of benzene rings is 1. The third-order valence-electron chi connectivity index (χ3n) is 7.87. The molecule has 8 heteroatoms. The van der Waals surface area contributed by atoms with Crippen molar-refractivity contribution in [1.82, 2.24) is 14.6 Å². The number of halogens is 1. The molecule has 0 spiro atoms. The maximum Gasteiger partial charge on any atom is 0.209 e. The lowest BCUT2D eigenvalue weighted by Crippen LogP contribution is -2.41. The van der Waals surface area contributed by atoms with Crippen LogP contribution in [0.4, 0.5) is 10.1 Å². The molecule has 2 heterocycles. The van der Waals surface area contributed by atoms with Gasteiger partial charge in [-0.2, -0.15) is 0 Å². The molecule has 40 heavy (non-hydrogen) atoms. The molecule has 7 nitrogen and oxygen atoms in total. The number of anilines is 1. The van der Waals surface area contributed by atoms with Gasteiger partial charge in [-0.1, -0.05) is 40.3 Å². The fourth-order valence-corrected chi connectivity index (χ4v) is 4.85. The molecule has 0 amide bonds. The fraction of sp³-hybridized carbons (Fsp3) is 0.531. The van der Waals surface area contributed by atoms with Crippen LogP contribution in [0.5, 0.6) is 0 Å². The third kappa shape index (κ3) is 7.83. The first-order valence-corrected chi connectivity index (χ1v) is 14.7. The smallest absolute Gasteiger partial charge is 0.209 e. The van der Waals surface area contributed by atoms with Crippen molar-refractivity contribution >= 4 is 17.4 Å². The molecule has 3 rings (SSSR count). The Balaban J connectivity index is 1.73. The predicted molar refractivity (Wildman–Crippen MR) is 165 cm³/mol. The second-order valence-corrected chi connectivity index (χ2v) is 10.5. The zero-order valence-corrected chi connectivity index (χ0v) is 25.4. The van der Waals surface area contributed by atoms with Gasteiger partial charge >= 0.3 is 0 Å². The summed E-state index contributed by atoms with van der Waals surface area (Å²) in [5.74, 6) is 2.75. The van der Waals surface area contributed by atoms with Gasteiger partial charge in [0.1, 0.15) is 23.6 Å². The van der Waals surface area contributed by atoms with Gasteiger partial charge in [-0.3, -0.25) is 0 Å². The molecule has 0 bridgehead atoms. The van der Waals surface area contributed by atoms with Crippen LogP contribution in [-0.4, -0.2) is 52.5 Å². The SMILES string of the molecule is C=C/C(=C\N=C(CC)N1CCC(C(C)O/C(=N/n2cc(-c3ccc(NC)cc3F)nc2C)C(C)CC)CC1)CC. The largest absolute Gasteiger partial charge is 0.476 e. The molecule has 1 N–H and O–H groups in total. The molecular formula is C32H47FN6O. The Kier molecular flexibility index (Phi) is 11.5. The number of imidazole rings is 1. The summed E-state index contributed by atoms with van der Waals surface area (Å²) >= 11 is 0. The first-order valence-electron chi connectivity index (χ1n) is 14.7. The number of piperidine rings is 1. The predicted octanol–water partition coefficient (Wildman–Crippen LogP) is 7.65. The van der Waals surface area contributed by atoms with E-state index in [0.29, 0.717) is 28.9 Å². The Hall–Kier alpha value is -3.42. The Bertz CT molecular complexity index is 1220. The lowest BCUT2D eigenvalue weighted by Gasteiger charge is -2.36. The van der Waals surface area contributed by atoms with E-state index in [1.165, 1.54) is 6.07 Å². The highest BCUT2D eigenvalue weighted by molar-refractivity contribution is 5.82. The third-order valence-corrected chi connectivity index (χ3v) is 7.87. The lowest BCUT2D eigenvalue weighted by molar-refractivity contribution is 0.0912. The van der Waals surface area contributed by atoms with E-state index < -0.39 is 0 Å². The molecule has 1 aliphatic heterocycles. The van der Waals surface area contributed by atoms with Gasteiger partial charge in [0.15, 0.2) is 0 Å². The molecule has 0 aliphatic carbocycles. The van der Waals surface area contributed by atoms with Gasteiger partial charge in [-0.25, -0.2) is 19.0 Å². The van der Waals surface area contributed by atoms with E-state index in [4.69, 9.17) is 14.8 Å². The quantitative estimate of drug-likeness (QED) is 0.177. The summed E-state index contributed by atoms with van der Waals surface area (Å²) in [4.78, 5) is 11.8. The zero-order valence-electron chi connectivity index (χ0n) is 25.4. The van der Waals surface area contributed by atoms with Gasteiger partial charge in [0, 0.05) is 49.9 Å². The van der Waals surface area contributed by atoms with Gasteiger partial charge < -0.3 is 15.0 Å². The van der Waals surface area contributed by atoms with Crippen LogP contribution in [0.15, 0.2) is 58.9 Å². The highest BCUT2D eigenvalue weighted by Gasteiger charge is 2.28. The Morgan fingerprint density at radius 3 is 2.52 bits per heavy atom. The van der Waals surface area contributed by atoms with Crippen molar-refractivity contribution in [1.29, 1.82) is 0 Å². The molecule has 1 aromatic carbocycles. The molecule has 1 fully saturated rings. The van der Waals surface area contributed by atoms with Gasteiger partial charge in [0.2, 0.25) is 5.90 Å². The molecule has 2 aromatic rings. The summed E-state index contributed by atoms with van der Waals surface area (Å²) < 4.78 is 23.0. The van der Waals surface area contributed by atoms with E-state index in [1.54, 1.807) is 24.0 Å². The van der Waals surface area contributed by atoms with Gasteiger partial charge in [-0.05, 0) is 69.2 Å². The highest BCUT2D eigenvalue weighted by atomic mass is 19.1. The number of rotatable bonds is 11. The summed E-state index contributed by atoms with van der Waals surface area (Å²) in [5, 5.41) is 7.82. The average Bonchev–Trinajstić information content (AvgIpc) is 3.33. The normalized spacial score (nSPS) is 17.1. The Labute approximate surface area is 239 Å². The number of nitrogens with one attached hydrogen (secondary N) is 1. The van der Waals surface area contributed by atoms with Crippen molar-refractivity contribution in [2.75, 3.05) is 25.5 Å². The number of ether oxygens (including phenoxy) is 1. The number of hydrogen-bond donors (Lipinski definition) is 1. The number of aryl methyl sites for hydroxylation is 1. The summed E-state index contributed by atoms with van der Waals surface area (Å²) in [6.45, 7) is 18.4. The Morgan fingerprint density at radius 1 is 1.23 bits per heavy atom. The molecule has 1 aliphatic rings. The molecule has 1 saturated heterocycles. The van der Waals surface area contributed by atoms with E-state index in [1.807, 2.05) is 25.3 Å². The van der Waals surface area contributed by atoms with Gasteiger partial charge in [-0.15, -0.1) is 5.10 Å². The fourth-order valence-electron chi connectivity index (χ4n) is 4.85. The van der Waals surface area contributed by atoms with Crippen molar-refractivity contribution in [3.63, 3.8) is 0 Å². The molecule has 2 atom stereocenters. The first kappa shape index (κ1) is 31.1. The number of aliphatic imine (C=N–C) groups is 1. The number of allylic oxidation sites excluding steroid dienone is 2. The van der Waals surface area contributed by atoms with Crippen molar-refractivity contribution in [3.05, 3.63) is 60.5 Å². The van der Waals surface area contributed by atoms with E-state index >= 15 is 0 Å². The number of aromatic nitrogens is 2. The van der Waals surface area contributed by atoms with E-state index in [2.05, 4.69) is 56.4 Å². The van der Waals surface area contributed by atoms with Crippen LogP contribution in [0.25, 0.3) is 11.3 Å². The van der Waals surface area contributed by atoms with Crippen LogP contribution in [-0.2, 0) is 4.74 Å². The molecule has 0 saturated carbocycles. The monoisotopic (exact) mass is 550 g/mol. The van der Waals surface area contributed by atoms with E-state index in [9.17, 15) is 4.39 Å². The number of amidine groups is 1. The number of nitrogens with zero attached hydrogens (tertiary/aromatic N) is 5. The zero-order chi connectivity index (χ0) is 29.2. The molecular weight excluding hydrogens is 503 g/mol. The maximum atomic E-state index is 14.7. The van der Waals surface area contributed by atoms with Crippen LogP contribution in [0.1, 0.15) is 72.5 Å². The second kappa shape index (κ2) is 14.8. The topological polar surface area (TPSA) is 67.0 Å². The van der Waals surface area contributed by atoms with E-state index in [0.717, 1.165) is 62.3 Å². The van der Waals surface area contributed by atoms with Crippen LogP contribution in [0.2, 0.25) is 0 Å². The minimum absolute atomic E-state index is 0.0269. The molecule has 0 radical (unpaired) electrons. The molecule has 218 valence electrons. The summed E-state index contributed by atoms with van der Waals surface area (Å²) in [6.07, 6.45) is 10.4.